The molecule has 1 aliphatic heterocycles. The summed E-state index contributed by atoms with van der Waals surface area (Å²) in [4.78, 5) is 14.4. The molecule has 1 aromatic carbocycles. The van der Waals surface area contributed by atoms with E-state index in [1.807, 2.05) is 48.0 Å². The highest BCUT2D eigenvalue weighted by Crippen LogP contribution is 2.45. The molecule has 1 unspecified atom stereocenters. The number of fused-ring (bicyclic) bond motifs is 2. The van der Waals surface area contributed by atoms with E-state index in [-0.39, 0.29) is 6.04 Å². The molecule has 2 aliphatic rings. The number of sulfonamides is 1. The Labute approximate surface area is 214 Å². The van der Waals surface area contributed by atoms with Gasteiger partial charge in [0.1, 0.15) is 6.04 Å². The fourth-order valence-electron chi connectivity index (χ4n) is 5.04. The van der Waals surface area contributed by atoms with Crippen molar-refractivity contribution in [2.75, 3.05) is 32.4 Å². The van der Waals surface area contributed by atoms with E-state index in [0.717, 1.165) is 33.7 Å². The first-order valence-corrected chi connectivity index (χ1v) is 13.7. The largest absolute Gasteiger partial charge is 0.337 e. The number of pyridine rings is 1. The van der Waals surface area contributed by atoms with Crippen LogP contribution < -0.4 is 0 Å². The predicted molar refractivity (Wildman–Crippen MR) is 138 cm³/mol. The fraction of sp³-hybridized carbons (Fsp3) is 0.333. The second-order valence-electron chi connectivity index (χ2n) is 8.95. The normalized spacial score (nSPS) is 19.4. The molecule has 0 saturated carbocycles. The van der Waals surface area contributed by atoms with Crippen molar-refractivity contribution in [3.05, 3.63) is 92.6 Å². The minimum Gasteiger partial charge on any atom is -0.337 e. The predicted octanol–water partition coefficient (Wildman–Crippen LogP) is 4.04. The van der Waals surface area contributed by atoms with Crippen LogP contribution in [-0.2, 0) is 17.1 Å². The van der Waals surface area contributed by atoms with Crippen LogP contribution in [0.1, 0.15) is 40.2 Å². The van der Waals surface area contributed by atoms with Gasteiger partial charge < -0.3 is 4.57 Å². The Morgan fingerprint density at radius 1 is 1.22 bits per heavy atom. The first-order valence-electron chi connectivity index (χ1n) is 11.4. The van der Waals surface area contributed by atoms with Gasteiger partial charge in [-0.2, -0.15) is 4.31 Å². The fourth-order valence-corrected chi connectivity index (χ4v) is 6.04. The van der Waals surface area contributed by atoms with Gasteiger partial charge in [0.25, 0.3) is 0 Å². The molecule has 186 valence electrons. The number of hydrogen-bond donors (Lipinski definition) is 0. The number of benzene rings is 1. The molecule has 0 radical (unpaired) electrons. The number of aromatic nitrogens is 3. The highest BCUT2D eigenvalue weighted by Gasteiger charge is 2.35. The van der Waals surface area contributed by atoms with Crippen LogP contribution in [0.2, 0.25) is 5.02 Å². The standard InChI is InChI=1S/C24H25ClN8O2S/c1-31-15-27-14-21(31)23(29-30-26)20-12-16-4-3-7-28-22(16)24(18-6-5-17(25)13-19(18)20)32-8-10-33(11-9-32)36(2,34)35/h3-7,12-15,23-24H,8-11H2,1-2H3/t23?,24-/m0/s1. The molecular weight excluding hydrogens is 500 g/mol. The number of imidazole rings is 1. The van der Waals surface area contributed by atoms with Gasteiger partial charge in [-0.1, -0.05) is 28.8 Å². The minimum atomic E-state index is -3.26. The van der Waals surface area contributed by atoms with Gasteiger partial charge in [-0.05, 0) is 52.1 Å². The van der Waals surface area contributed by atoms with E-state index in [2.05, 4.69) is 19.9 Å². The van der Waals surface area contributed by atoms with E-state index in [1.54, 1.807) is 18.7 Å². The van der Waals surface area contributed by atoms with Gasteiger partial charge in [-0.25, -0.2) is 13.4 Å². The lowest BCUT2D eigenvalue weighted by Gasteiger charge is -2.39. The molecule has 0 spiro atoms. The van der Waals surface area contributed by atoms with Crippen molar-refractivity contribution in [3.8, 4) is 0 Å². The molecule has 3 aromatic rings. The van der Waals surface area contributed by atoms with Gasteiger partial charge in [0.15, 0.2) is 0 Å². The van der Waals surface area contributed by atoms with Crippen LogP contribution in [0.3, 0.4) is 0 Å². The third kappa shape index (κ3) is 4.52. The average Bonchev–Trinajstić information content (AvgIpc) is 3.22. The Morgan fingerprint density at radius 3 is 2.67 bits per heavy atom. The van der Waals surface area contributed by atoms with E-state index in [0.29, 0.717) is 31.2 Å². The number of halogens is 1. The first-order chi connectivity index (χ1) is 17.3. The lowest BCUT2D eigenvalue weighted by atomic mass is 9.90. The highest BCUT2D eigenvalue weighted by atomic mass is 35.5. The quantitative estimate of drug-likeness (QED) is 0.283. The maximum Gasteiger partial charge on any atom is 0.211 e. The third-order valence-corrected chi connectivity index (χ3v) is 8.30. The Morgan fingerprint density at radius 2 is 2.00 bits per heavy atom. The lowest BCUT2D eigenvalue weighted by Crippen LogP contribution is -2.49. The van der Waals surface area contributed by atoms with E-state index < -0.39 is 16.1 Å². The summed E-state index contributed by atoms with van der Waals surface area (Å²) < 4.78 is 27.5. The third-order valence-electron chi connectivity index (χ3n) is 6.77. The molecule has 0 amide bonds. The summed E-state index contributed by atoms with van der Waals surface area (Å²) in [5.74, 6) is 0. The van der Waals surface area contributed by atoms with E-state index in [4.69, 9.17) is 16.6 Å². The number of aryl methyl sites for hydroxylation is 1. The molecule has 2 aromatic heterocycles. The molecule has 3 heterocycles. The van der Waals surface area contributed by atoms with Crippen LogP contribution >= 0.6 is 11.6 Å². The molecule has 0 N–H and O–H groups in total. The number of nitrogens with zero attached hydrogens (tertiary/aromatic N) is 8. The van der Waals surface area contributed by atoms with Crippen LogP contribution in [0.4, 0.5) is 0 Å². The van der Waals surface area contributed by atoms with Crippen molar-refractivity contribution in [1.29, 1.82) is 0 Å². The second kappa shape index (κ2) is 9.68. The van der Waals surface area contributed by atoms with Crippen LogP contribution in [0.5, 0.6) is 0 Å². The van der Waals surface area contributed by atoms with Crippen LogP contribution in [0, 0.1) is 0 Å². The second-order valence-corrected chi connectivity index (χ2v) is 11.4. The number of hydrogen-bond acceptors (Lipinski definition) is 6. The van der Waals surface area contributed by atoms with Gasteiger partial charge in [0.05, 0.1) is 30.0 Å². The molecule has 0 bridgehead atoms. The zero-order valence-corrected chi connectivity index (χ0v) is 21.4. The Balaban J connectivity index is 1.69. The van der Waals surface area contributed by atoms with Crippen molar-refractivity contribution in [1.82, 2.24) is 23.7 Å². The minimum absolute atomic E-state index is 0.234. The summed E-state index contributed by atoms with van der Waals surface area (Å²) in [6.45, 7) is 1.90. The number of azide groups is 1. The Hall–Kier alpha value is -3.21. The maximum atomic E-state index is 12.1. The smallest absolute Gasteiger partial charge is 0.211 e. The zero-order valence-electron chi connectivity index (χ0n) is 19.9. The summed E-state index contributed by atoms with van der Waals surface area (Å²) in [7, 11) is -1.40. The molecule has 12 heteroatoms. The van der Waals surface area contributed by atoms with Crippen LogP contribution in [0.25, 0.3) is 22.1 Å². The van der Waals surface area contributed by atoms with Gasteiger partial charge >= 0.3 is 0 Å². The summed E-state index contributed by atoms with van der Waals surface area (Å²) in [6.07, 6.45) is 8.38. The van der Waals surface area contributed by atoms with Gasteiger partial charge in [0.2, 0.25) is 10.0 Å². The molecule has 10 nitrogen and oxygen atoms in total. The lowest BCUT2D eigenvalue weighted by molar-refractivity contribution is 0.154. The summed E-state index contributed by atoms with van der Waals surface area (Å²) in [6, 6.07) is 8.71. The summed E-state index contributed by atoms with van der Waals surface area (Å²) in [5, 5.41) is 4.73. The average molecular weight is 525 g/mol. The Bertz CT molecular complexity index is 1490. The van der Waals surface area contributed by atoms with Crippen molar-refractivity contribution < 1.29 is 8.42 Å². The van der Waals surface area contributed by atoms with E-state index >= 15 is 0 Å². The van der Waals surface area contributed by atoms with E-state index in [1.165, 1.54) is 10.6 Å². The zero-order chi connectivity index (χ0) is 25.4. The monoisotopic (exact) mass is 524 g/mol. The molecular formula is C24H25ClN8O2S. The molecule has 1 saturated heterocycles. The number of rotatable bonds is 5. The van der Waals surface area contributed by atoms with Gasteiger partial charge in [-0.15, -0.1) is 0 Å². The van der Waals surface area contributed by atoms with Crippen LogP contribution in [-0.4, -0.2) is 64.6 Å². The summed E-state index contributed by atoms with van der Waals surface area (Å²) in [5.41, 5.74) is 14.6. The van der Waals surface area contributed by atoms with Crippen molar-refractivity contribution in [3.63, 3.8) is 0 Å². The number of piperazine rings is 1. The SMILES string of the molecule is Cn1cncc1C(N=[N+]=[N-])C1=Cc2cccnc2[C@@H](N2CCN(S(C)(=O)=O)CC2)c2ccc(Cl)cc21. The van der Waals surface area contributed by atoms with Crippen molar-refractivity contribution in [2.45, 2.75) is 12.1 Å². The highest BCUT2D eigenvalue weighted by molar-refractivity contribution is 7.88. The van der Waals surface area contributed by atoms with Crippen molar-refractivity contribution in [2.24, 2.45) is 12.2 Å². The van der Waals surface area contributed by atoms with Gasteiger partial charge in [0, 0.05) is 55.6 Å². The maximum absolute atomic E-state index is 12.1. The topological polar surface area (TPSA) is 120 Å². The first kappa shape index (κ1) is 24.5. The molecule has 5 rings (SSSR count). The summed E-state index contributed by atoms with van der Waals surface area (Å²) >= 11 is 6.50. The van der Waals surface area contributed by atoms with E-state index in [9.17, 15) is 13.9 Å². The Kier molecular flexibility index (Phi) is 6.59. The molecule has 1 aliphatic carbocycles. The molecule has 36 heavy (non-hydrogen) atoms. The molecule has 2 atom stereocenters. The molecule has 1 fully saturated rings. The van der Waals surface area contributed by atoms with Crippen molar-refractivity contribution >= 4 is 33.3 Å². The van der Waals surface area contributed by atoms with Crippen LogP contribution in [0.15, 0.2) is 54.2 Å². The van der Waals surface area contributed by atoms with Gasteiger partial charge in [-0.3, -0.25) is 9.88 Å².